The predicted molar refractivity (Wildman–Crippen MR) is 83.7 cm³/mol. The van der Waals surface area contributed by atoms with Crippen molar-refractivity contribution in [2.75, 3.05) is 6.61 Å². The van der Waals surface area contributed by atoms with Crippen LogP contribution in [0.4, 0.5) is 0 Å². The summed E-state index contributed by atoms with van der Waals surface area (Å²) in [5.74, 6) is 1.75. The Balaban J connectivity index is 1.51. The number of benzene rings is 1. The van der Waals surface area contributed by atoms with Crippen LogP contribution in [-0.4, -0.2) is 22.2 Å². The molecule has 2 aromatic rings. The van der Waals surface area contributed by atoms with E-state index in [9.17, 15) is 0 Å². The maximum atomic E-state index is 6.28. The number of nitrogens with zero attached hydrogens (tertiary/aromatic N) is 2. The van der Waals surface area contributed by atoms with E-state index in [2.05, 4.69) is 16.4 Å². The zero-order chi connectivity index (χ0) is 14.7. The highest BCUT2D eigenvalue weighted by Crippen LogP contribution is 2.26. The van der Waals surface area contributed by atoms with E-state index < -0.39 is 0 Å². The van der Waals surface area contributed by atoms with Gasteiger partial charge in [-0.05, 0) is 30.5 Å². The Bertz CT molecular complexity index is 607. The van der Waals surface area contributed by atoms with Crippen LogP contribution in [0.1, 0.15) is 24.2 Å². The molecule has 0 aliphatic heterocycles. The lowest BCUT2D eigenvalue weighted by Gasteiger charge is -2.10. The summed E-state index contributed by atoms with van der Waals surface area (Å²) in [4.78, 5) is 4.27. The van der Waals surface area contributed by atoms with Crippen LogP contribution < -0.4 is 10.1 Å². The molecule has 1 aliphatic carbocycles. The van der Waals surface area contributed by atoms with Gasteiger partial charge < -0.3 is 14.6 Å². The number of hydrogen-bond acceptors (Lipinski definition) is 3. The first-order valence-corrected chi connectivity index (χ1v) is 7.71. The van der Waals surface area contributed by atoms with Crippen molar-refractivity contribution in [1.82, 2.24) is 14.9 Å². The van der Waals surface area contributed by atoms with Crippen LogP contribution in [0.25, 0.3) is 0 Å². The average molecular weight is 306 g/mol. The summed E-state index contributed by atoms with van der Waals surface area (Å²) in [5, 5.41) is 4.15. The van der Waals surface area contributed by atoms with E-state index in [1.165, 1.54) is 18.4 Å². The van der Waals surface area contributed by atoms with Crippen LogP contribution in [0.2, 0.25) is 5.02 Å². The van der Waals surface area contributed by atoms with Crippen molar-refractivity contribution in [1.29, 1.82) is 0 Å². The molecule has 1 N–H and O–H groups in total. The Morgan fingerprint density at radius 2 is 2.29 bits per heavy atom. The van der Waals surface area contributed by atoms with Crippen LogP contribution in [0.5, 0.6) is 5.75 Å². The van der Waals surface area contributed by atoms with Crippen molar-refractivity contribution < 1.29 is 4.74 Å². The molecule has 1 saturated carbocycles. The highest BCUT2D eigenvalue weighted by Gasteiger charge is 2.20. The maximum Gasteiger partial charge on any atom is 0.137 e. The Hall–Kier alpha value is -1.52. The van der Waals surface area contributed by atoms with Gasteiger partial charge in [-0.25, -0.2) is 4.98 Å². The second-order valence-corrected chi connectivity index (χ2v) is 5.88. The molecular weight excluding hydrogens is 286 g/mol. The number of aromatic nitrogens is 2. The molecule has 0 amide bonds. The quantitative estimate of drug-likeness (QED) is 0.855. The van der Waals surface area contributed by atoms with Gasteiger partial charge in [-0.3, -0.25) is 0 Å². The van der Waals surface area contributed by atoms with Gasteiger partial charge in [0.25, 0.3) is 0 Å². The normalized spacial score (nSPS) is 14.4. The lowest BCUT2D eigenvalue weighted by atomic mass is 10.2. The summed E-state index contributed by atoms with van der Waals surface area (Å²) < 4.78 is 7.75. The molecule has 0 unspecified atom stereocenters. The second-order valence-electron chi connectivity index (χ2n) is 5.47. The molecule has 1 aromatic heterocycles. The Morgan fingerprint density at radius 3 is 2.95 bits per heavy atom. The number of hydrogen-bond donors (Lipinski definition) is 1. The van der Waals surface area contributed by atoms with Crippen LogP contribution in [-0.2, 0) is 20.0 Å². The number of nitrogens with one attached hydrogen (secondary N) is 1. The summed E-state index contributed by atoms with van der Waals surface area (Å²) in [6, 6.07) is 6.70. The van der Waals surface area contributed by atoms with Crippen molar-refractivity contribution in [2.24, 2.45) is 7.05 Å². The van der Waals surface area contributed by atoms with E-state index in [0.29, 0.717) is 17.7 Å². The van der Waals surface area contributed by atoms with E-state index in [1.807, 2.05) is 29.9 Å². The largest absolute Gasteiger partial charge is 0.492 e. The predicted octanol–water partition coefficient (Wildman–Crippen LogP) is 2.95. The molecule has 0 spiro atoms. The van der Waals surface area contributed by atoms with E-state index in [4.69, 9.17) is 16.3 Å². The highest BCUT2D eigenvalue weighted by molar-refractivity contribution is 6.32. The van der Waals surface area contributed by atoms with Crippen LogP contribution >= 0.6 is 11.6 Å². The minimum atomic E-state index is 0.574. The third-order valence-corrected chi connectivity index (χ3v) is 3.97. The molecule has 1 aliphatic rings. The Labute approximate surface area is 130 Å². The first-order valence-electron chi connectivity index (χ1n) is 7.33. The first kappa shape index (κ1) is 14.4. The maximum absolute atomic E-state index is 6.28. The van der Waals surface area contributed by atoms with Gasteiger partial charge >= 0.3 is 0 Å². The molecule has 1 aromatic carbocycles. The molecule has 21 heavy (non-hydrogen) atoms. The number of halogens is 1. The van der Waals surface area contributed by atoms with Crippen LogP contribution in [0.3, 0.4) is 0 Å². The van der Waals surface area contributed by atoms with E-state index in [0.717, 1.165) is 24.5 Å². The molecule has 1 heterocycles. The molecular formula is C16H20ClN3O. The third-order valence-electron chi connectivity index (χ3n) is 3.67. The minimum Gasteiger partial charge on any atom is -0.492 e. The smallest absolute Gasteiger partial charge is 0.137 e. The lowest BCUT2D eigenvalue weighted by Crippen LogP contribution is -2.15. The van der Waals surface area contributed by atoms with Gasteiger partial charge in [-0.1, -0.05) is 17.7 Å². The number of ether oxygens (including phenoxy) is 1. The van der Waals surface area contributed by atoms with Crippen molar-refractivity contribution in [3.05, 3.63) is 47.0 Å². The van der Waals surface area contributed by atoms with E-state index in [-0.39, 0.29) is 0 Å². The van der Waals surface area contributed by atoms with Gasteiger partial charge in [0.15, 0.2) is 0 Å². The monoisotopic (exact) mass is 305 g/mol. The van der Waals surface area contributed by atoms with Crippen molar-refractivity contribution in [3.63, 3.8) is 0 Å². The van der Waals surface area contributed by atoms with Crippen molar-refractivity contribution in [3.8, 4) is 5.75 Å². The number of rotatable bonds is 7. The zero-order valence-corrected chi connectivity index (χ0v) is 12.9. The fourth-order valence-corrected chi connectivity index (χ4v) is 2.47. The van der Waals surface area contributed by atoms with Crippen LogP contribution in [0, 0.1) is 0 Å². The molecule has 0 saturated heterocycles. The fraction of sp³-hybridized carbons (Fsp3) is 0.438. The number of imidazole rings is 1. The Morgan fingerprint density at radius 1 is 1.43 bits per heavy atom. The summed E-state index contributed by atoms with van der Waals surface area (Å²) >= 11 is 6.28. The molecule has 0 radical (unpaired) electrons. The molecule has 3 rings (SSSR count). The fourth-order valence-electron chi connectivity index (χ4n) is 2.21. The molecule has 0 atom stereocenters. The summed E-state index contributed by atoms with van der Waals surface area (Å²) in [6.07, 6.45) is 7.09. The van der Waals surface area contributed by atoms with Gasteiger partial charge in [0.2, 0.25) is 0 Å². The molecule has 1 fully saturated rings. The van der Waals surface area contributed by atoms with Crippen LogP contribution in [0.15, 0.2) is 30.6 Å². The second kappa shape index (κ2) is 6.50. The topological polar surface area (TPSA) is 39.1 Å². The standard InChI is InChI=1S/C16H20ClN3O/c1-20-8-7-18-16(20)6-9-21-15-5-2-12(10-14(15)17)11-19-13-3-4-13/h2,5,7-8,10,13,19H,3-4,6,9,11H2,1H3. The Kier molecular flexibility index (Phi) is 4.46. The SMILES string of the molecule is Cn1ccnc1CCOc1ccc(CNC2CC2)cc1Cl. The molecule has 0 bridgehead atoms. The van der Waals surface area contributed by atoms with Gasteiger partial charge in [0, 0.05) is 38.4 Å². The average Bonchev–Trinajstić information content (AvgIpc) is 3.22. The first-order chi connectivity index (χ1) is 10.2. The third kappa shape index (κ3) is 3.99. The summed E-state index contributed by atoms with van der Waals surface area (Å²) in [5.41, 5.74) is 1.20. The molecule has 112 valence electrons. The lowest BCUT2D eigenvalue weighted by molar-refractivity contribution is 0.317. The van der Waals surface area contributed by atoms with E-state index >= 15 is 0 Å². The molecule has 5 heteroatoms. The van der Waals surface area contributed by atoms with Crippen molar-refractivity contribution >= 4 is 11.6 Å². The van der Waals surface area contributed by atoms with Crippen molar-refractivity contribution in [2.45, 2.75) is 31.8 Å². The van der Waals surface area contributed by atoms with E-state index in [1.54, 1.807) is 6.20 Å². The summed E-state index contributed by atoms with van der Waals surface area (Å²) in [7, 11) is 1.98. The zero-order valence-electron chi connectivity index (χ0n) is 12.2. The minimum absolute atomic E-state index is 0.574. The highest BCUT2D eigenvalue weighted by atomic mass is 35.5. The van der Waals surface area contributed by atoms with Gasteiger partial charge in [-0.2, -0.15) is 0 Å². The van der Waals surface area contributed by atoms with Gasteiger partial charge in [-0.15, -0.1) is 0 Å². The number of aryl methyl sites for hydroxylation is 1. The van der Waals surface area contributed by atoms with Gasteiger partial charge in [0.05, 0.1) is 11.6 Å². The van der Waals surface area contributed by atoms with Gasteiger partial charge in [0.1, 0.15) is 11.6 Å². The summed E-state index contributed by atoms with van der Waals surface area (Å²) in [6.45, 7) is 1.45. The molecule has 4 nitrogen and oxygen atoms in total.